The Morgan fingerprint density at radius 3 is 1.24 bits per heavy atom. The lowest BCUT2D eigenvalue weighted by molar-refractivity contribution is -0.424. The maximum absolute atomic E-state index is 12.7. The highest BCUT2D eigenvalue weighted by Gasteiger charge is 2.89. The molecule has 2 N–H and O–H groups in total. The zero-order valence-electron chi connectivity index (χ0n) is 11.8. The van der Waals surface area contributed by atoms with E-state index in [1.165, 1.54) is 0 Å². The zero-order valence-corrected chi connectivity index (χ0v) is 12.6. The van der Waals surface area contributed by atoms with Crippen molar-refractivity contribution in [3.63, 3.8) is 0 Å². The molecule has 17 heteroatoms. The lowest BCUT2D eigenvalue weighted by Gasteiger charge is -2.37. The Hall–Kier alpha value is -0.970. The molecule has 0 amide bonds. The highest BCUT2D eigenvalue weighted by molar-refractivity contribution is 7.86. The fourth-order valence-corrected chi connectivity index (χ4v) is 1.44. The highest BCUT2D eigenvalue weighted by Crippen LogP contribution is 2.58. The van der Waals surface area contributed by atoms with Gasteiger partial charge in [0.1, 0.15) is 0 Å². The first-order chi connectivity index (χ1) is 10.6. The van der Waals surface area contributed by atoms with Gasteiger partial charge in [-0.15, -0.1) is 0 Å². The SMILES string of the molecule is CNC.O=S(=O)(O)C(F)C(F)(F)C(F)(F)C(F)(F)C(F)(F)C(F)(F)F. The quantitative estimate of drug-likeness (QED) is 0.523. The van der Waals surface area contributed by atoms with Crippen molar-refractivity contribution in [3.8, 4) is 0 Å². The molecule has 0 saturated carbocycles. The van der Waals surface area contributed by atoms with Gasteiger partial charge in [0.2, 0.25) is 0 Å². The molecular weight excluding hydrogens is 418 g/mol. The van der Waals surface area contributed by atoms with Crippen LogP contribution in [0, 0.1) is 0 Å². The van der Waals surface area contributed by atoms with Gasteiger partial charge < -0.3 is 5.32 Å². The molecule has 25 heavy (non-hydrogen) atoms. The van der Waals surface area contributed by atoms with Crippen LogP contribution in [0.4, 0.5) is 52.7 Å². The van der Waals surface area contributed by atoms with Gasteiger partial charge >= 0.3 is 40.0 Å². The third-order valence-electron chi connectivity index (χ3n) is 2.11. The Balaban J connectivity index is 0. The topological polar surface area (TPSA) is 66.4 Å². The van der Waals surface area contributed by atoms with Gasteiger partial charge in [-0.05, 0) is 14.1 Å². The molecule has 1 unspecified atom stereocenters. The van der Waals surface area contributed by atoms with Crippen LogP contribution in [0.1, 0.15) is 0 Å². The number of rotatable bonds is 5. The Morgan fingerprint density at radius 2 is 1.04 bits per heavy atom. The van der Waals surface area contributed by atoms with Gasteiger partial charge in [0.25, 0.3) is 5.50 Å². The number of alkyl halides is 12. The first-order valence-electron chi connectivity index (χ1n) is 5.34. The predicted molar refractivity (Wildman–Crippen MR) is 57.3 cm³/mol. The van der Waals surface area contributed by atoms with Crippen molar-refractivity contribution in [2.75, 3.05) is 14.1 Å². The number of hydrogen-bond donors (Lipinski definition) is 2. The molecule has 0 heterocycles. The third kappa shape index (κ3) is 4.60. The highest BCUT2D eigenvalue weighted by atomic mass is 32.2. The molecule has 0 aromatic rings. The van der Waals surface area contributed by atoms with Gasteiger partial charge in [0, 0.05) is 0 Å². The summed E-state index contributed by atoms with van der Waals surface area (Å²) >= 11 is 0. The summed E-state index contributed by atoms with van der Waals surface area (Å²) in [5, 5.41) is 2.75. The van der Waals surface area contributed by atoms with Crippen LogP contribution in [-0.2, 0) is 10.1 Å². The van der Waals surface area contributed by atoms with Crippen molar-refractivity contribution in [3.05, 3.63) is 0 Å². The normalized spacial score (nSPS) is 16.1. The van der Waals surface area contributed by atoms with E-state index in [2.05, 4.69) is 5.32 Å². The molecule has 1 atom stereocenters. The Morgan fingerprint density at radius 1 is 0.760 bits per heavy atom. The van der Waals surface area contributed by atoms with Crippen LogP contribution >= 0.6 is 0 Å². The third-order valence-corrected chi connectivity index (χ3v) is 2.93. The van der Waals surface area contributed by atoms with Crippen molar-refractivity contribution in [1.82, 2.24) is 5.32 Å². The molecule has 0 aliphatic heterocycles. The smallest absolute Gasteiger partial charge is 0.323 e. The van der Waals surface area contributed by atoms with E-state index in [0.29, 0.717) is 0 Å². The molecular formula is C8H9F12NO3S. The summed E-state index contributed by atoms with van der Waals surface area (Å²) in [6.07, 6.45) is -7.46. The lowest BCUT2D eigenvalue weighted by atomic mass is 9.99. The second kappa shape index (κ2) is 7.34. The van der Waals surface area contributed by atoms with E-state index in [4.69, 9.17) is 4.55 Å². The minimum atomic E-state index is -7.95. The summed E-state index contributed by atoms with van der Waals surface area (Å²) in [6.45, 7) is 0. The van der Waals surface area contributed by atoms with Crippen LogP contribution < -0.4 is 5.32 Å². The predicted octanol–water partition coefficient (Wildman–Crippen LogP) is 3.11. The average molecular weight is 427 g/mol. The van der Waals surface area contributed by atoms with Gasteiger partial charge in [-0.1, -0.05) is 0 Å². The van der Waals surface area contributed by atoms with E-state index in [-0.39, 0.29) is 0 Å². The largest absolute Gasteiger partial charge is 0.460 e. The second-order valence-corrected chi connectivity index (χ2v) is 5.62. The van der Waals surface area contributed by atoms with Crippen LogP contribution in [0.15, 0.2) is 0 Å². The molecule has 0 rings (SSSR count). The first kappa shape index (κ1) is 26.3. The van der Waals surface area contributed by atoms with Crippen LogP contribution in [0.25, 0.3) is 0 Å². The summed E-state index contributed by atoms with van der Waals surface area (Å²) in [6, 6.07) is 0. The standard InChI is InChI=1S/C6H2F12O3S.C2H7N/c7-1(22(19,20)21)2(8,9)3(10,11)4(12,13)5(14,15)6(16,17)18;1-3-2/h1H,(H,19,20,21);3H,1-2H3. The zero-order chi connectivity index (χ0) is 21.3. The molecule has 0 bridgehead atoms. The fraction of sp³-hybridized carbons (Fsp3) is 1.00. The maximum atomic E-state index is 12.7. The van der Waals surface area contributed by atoms with Crippen molar-refractivity contribution in [1.29, 1.82) is 0 Å². The van der Waals surface area contributed by atoms with E-state index in [1.807, 2.05) is 14.1 Å². The van der Waals surface area contributed by atoms with Crippen molar-refractivity contribution in [2.45, 2.75) is 35.4 Å². The summed E-state index contributed by atoms with van der Waals surface area (Å²) in [5.74, 6) is -30.9. The summed E-state index contributed by atoms with van der Waals surface area (Å²) in [4.78, 5) is 0. The minimum Gasteiger partial charge on any atom is -0.323 e. The Kier molecular flexibility index (Phi) is 7.71. The summed E-state index contributed by atoms with van der Waals surface area (Å²) in [7, 11) is -3.09. The van der Waals surface area contributed by atoms with Crippen molar-refractivity contribution in [2.24, 2.45) is 0 Å². The fourth-order valence-electron chi connectivity index (χ4n) is 0.914. The average Bonchev–Trinajstić information content (AvgIpc) is 2.35. The van der Waals surface area contributed by atoms with Gasteiger partial charge in [0.15, 0.2) is 0 Å². The van der Waals surface area contributed by atoms with Gasteiger partial charge in [-0.25, -0.2) is 4.39 Å². The van der Waals surface area contributed by atoms with Gasteiger partial charge in [0.05, 0.1) is 0 Å². The molecule has 4 nitrogen and oxygen atoms in total. The molecule has 0 saturated heterocycles. The first-order valence-corrected chi connectivity index (χ1v) is 6.84. The van der Waals surface area contributed by atoms with E-state index in [9.17, 15) is 61.1 Å². The number of hydrogen-bond acceptors (Lipinski definition) is 3. The van der Waals surface area contributed by atoms with Crippen LogP contribution in [-0.4, -0.2) is 62.4 Å². The lowest BCUT2D eigenvalue weighted by Crippen LogP contribution is -2.68. The molecule has 0 aliphatic carbocycles. The number of halogens is 12. The monoisotopic (exact) mass is 427 g/mol. The van der Waals surface area contributed by atoms with E-state index in [0.717, 1.165) is 0 Å². The second-order valence-electron chi connectivity index (χ2n) is 4.17. The van der Waals surface area contributed by atoms with Gasteiger partial charge in [-0.2, -0.15) is 56.7 Å². The molecule has 154 valence electrons. The molecule has 0 radical (unpaired) electrons. The number of nitrogens with one attached hydrogen (secondary N) is 1. The molecule has 0 fully saturated rings. The molecule has 0 aliphatic rings. The van der Waals surface area contributed by atoms with E-state index < -0.39 is 45.5 Å². The molecule has 0 aromatic carbocycles. The summed E-state index contributed by atoms with van der Waals surface area (Å²) < 4.78 is 175. The van der Waals surface area contributed by atoms with E-state index >= 15 is 0 Å². The van der Waals surface area contributed by atoms with Crippen molar-refractivity contribution < 1.29 is 65.7 Å². The molecule has 0 aromatic heterocycles. The van der Waals surface area contributed by atoms with E-state index in [1.54, 1.807) is 0 Å². The van der Waals surface area contributed by atoms with Crippen molar-refractivity contribution >= 4 is 10.1 Å². The Labute approximate surface area is 131 Å². The van der Waals surface area contributed by atoms with Crippen LogP contribution in [0.2, 0.25) is 0 Å². The van der Waals surface area contributed by atoms with Crippen LogP contribution in [0.5, 0.6) is 0 Å². The maximum Gasteiger partial charge on any atom is 0.460 e. The summed E-state index contributed by atoms with van der Waals surface area (Å²) in [5.41, 5.74) is -5.59. The van der Waals surface area contributed by atoms with Gasteiger partial charge in [-0.3, -0.25) is 4.55 Å². The minimum absolute atomic E-state index is 1.88. The van der Waals surface area contributed by atoms with Crippen LogP contribution in [0.3, 0.4) is 0 Å². The Bertz CT molecular complexity index is 543. The molecule has 0 spiro atoms.